The molecule has 13 heteroatoms. The van der Waals surface area contributed by atoms with Gasteiger partial charge in [-0.15, -0.1) is 0 Å². The van der Waals surface area contributed by atoms with E-state index < -0.39 is 47.9 Å². The van der Waals surface area contributed by atoms with Crippen molar-refractivity contribution in [3.8, 4) is 5.75 Å². The number of thiol groups is 1. The third-order valence-electron chi connectivity index (χ3n) is 6.84. The van der Waals surface area contributed by atoms with Gasteiger partial charge in [-0.3, -0.25) is 14.4 Å². The van der Waals surface area contributed by atoms with Crippen LogP contribution in [-0.2, 0) is 32.0 Å². The second-order valence-electron chi connectivity index (χ2n) is 10.0. The average molecular weight is 599 g/mol. The van der Waals surface area contributed by atoms with Gasteiger partial charge in [-0.05, 0) is 61.6 Å². The van der Waals surface area contributed by atoms with E-state index in [-0.39, 0.29) is 30.8 Å². The number of rotatable bonds is 16. The molecule has 0 radical (unpaired) electrons. The molecule has 3 aromatic rings. The highest BCUT2D eigenvalue weighted by Crippen LogP contribution is 2.19. The number of unbranched alkanes of at least 4 members (excludes halogenated alkanes) is 1. The van der Waals surface area contributed by atoms with Crippen molar-refractivity contribution in [2.45, 2.75) is 56.3 Å². The summed E-state index contributed by atoms with van der Waals surface area (Å²) in [6.45, 7) is 0.384. The largest absolute Gasteiger partial charge is 0.508 e. The zero-order chi connectivity index (χ0) is 30.6. The number of H-pyrrole nitrogens is 1. The van der Waals surface area contributed by atoms with Crippen molar-refractivity contribution in [2.24, 2.45) is 11.5 Å². The Balaban J connectivity index is 1.82. The van der Waals surface area contributed by atoms with Crippen LogP contribution in [0.2, 0.25) is 0 Å². The second kappa shape index (κ2) is 15.8. The van der Waals surface area contributed by atoms with Gasteiger partial charge >= 0.3 is 5.97 Å². The molecule has 42 heavy (non-hydrogen) atoms. The van der Waals surface area contributed by atoms with E-state index in [4.69, 9.17) is 11.5 Å². The van der Waals surface area contributed by atoms with Crippen LogP contribution < -0.4 is 27.4 Å². The van der Waals surface area contributed by atoms with E-state index in [2.05, 4.69) is 33.6 Å². The highest BCUT2D eigenvalue weighted by molar-refractivity contribution is 7.80. The fourth-order valence-electron chi connectivity index (χ4n) is 4.48. The Morgan fingerprint density at radius 3 is 2.17 bits per heavy atom. The molecule has 0 saturated carbocycles. The van der Waals surface area contributed by atoms with Gasteiger partial charge in [0.2, 0.25) is 17.7 Å². The normalized spacial score (nSPS) is 14.0. The molecule has 0 aliphatic rings. The predicted molar refractivity (Wildman–Crippen MR) is 162 cm³/mol. The lowest BCUT2D eigenvalue weighted by Gasteiger charge is -2.25. The van der Waals surface area contributed by atoms with Gasteiger partial charge < -0.3 is 42.6 Å². The summed E-state index contributed by atoms with van der Waals surface area (Å²) in [4.78, 5) is 54.5. The molecule has 4 atom stereocenters. The number of nitrogens with two attached hydrogens (primary N) is 2. The third-order valence-corrected chi connectivity index (χ3v) is 7.20. The van der Waals surface area contributed by atoms with Gasteiger partial charge in [0.15, 0.2) is 0 Å². The molecular weight excluding hydrogens is 560 g/mol. The smallest absolute Gasteiger partial charge is 0.327 e. The van der Waals surface area contributed by atoms with Crippen LogP contribution in [0.25, 0.3) is 10.9 Å². The Bertz CT molecular complexity index is 1360. The Labute approximate surface area is 249 Å². The molecule has 1 aromatic heterocycles. The first-order valence-corrected chi connectivity index (χ1v) is 14.3. The van der Waals surface area contributed by atoms with E-state index in [0.717, 1.165) is 22.0 Å². The maximum Gasteiger partial charge on any atom is 0.327 e. The molecule has 0 fully saturated rings. The molecule has 0 spiro atoms. The Morgan fingerprint density at radius 2 is 1.50 bits per heavy atom. The van der Waals surface area contributed by atoms with Gasteiger partial charge in [0.1, 0.15) is 23.9 Å². The Hall–Kier alpha value is -4.07. The third kappa shape index (κ3) is 9.23. The van der Waals surface area contributed by atoms with Crippen LogP contribution in [-0.4, -0.2) is 75.4 Å². The summed E-state index contributed by atoms with van der Waals surface area (Å²) in [6, 6.07) is 9.38. The minimum Gasteiger partial charge on any atom is -0.508 e. The first-order valence-electron chi connectivity index (χ1n) is 13.7. The van der Waals surface area contributed by atoms with Gasteiger partial charge in [0, 0.05) is 29.3 Å². The monoisotopic (exact) mass is 598 g/mol. The highest BCUT2D eigenvalue weighted by atomic mass is 32.1. The lowest BCUT2D eigenvalue weighted by Crippen LogP contribution is -2.58. The number of aliphatic carboxylic acids is 1. The van der Waals surface area contributed by atoms with Gasteiger partial charge in [0.05, 0.1) is 6.04 Å². The number of carboxylic acids is 1. The number of aromatic hydroxyl groups is 1. The number of phenolic OH excluding ortho intramolecular Hbond substituents is 1. The van der Waals surface area contributed by atoms with Crippen molar-refractivity contribution < 1.29 is 29.4 Å². The van der Waals surface area contributed by atoms with Crippen molar-refractivity contribution in [1.29, 1.82) is 0 Å². The van der Waals surface area contributed by atoms with Gasteiger partial charge in [-0.25, -0.2) is 4.79 Å². The van der Waals surface area contributed by atoms with E-state index in [1.165, 1.54) is 12.1 Å². The number of carbonyl (C=O) groups is 4. The summed E-state index contributed by atoms with van der Waals surface area (Å²) < 4.78 is 0. The molecule has 10 N–H and O–H groups in total. The number of carboxylic acid groups (broad SMARTS) is 1. The molecule has 3 rings (SSSR count). The molecule has 2 aromatic carbocycles. The molecule has 0 aliphatic heterocycles. The van der Waals surface area contributed by atoms with E-state index in [1.54, 1.807) is 18.3 Å². The maximum atomic E-state index is 13.7. The van der Waals surface area contributed by atoms with Crippen LogP contribution in [0.15, 0.2) is 54.7 Å². The number of aromatic amines is 1. The molecule has 0 aliphatic carbocycles. The number of hydrogen-bond donors (Lipinski definition) is 9. The minimum atomic E-state index is -1.25. The van der Waals surface area contributed by atoms with Gasteiger partial charge in [0.25, 0.3) is 0 Å². The summed E-state index contributed by atoms with van der Waals surface area (Å²) in [5, 5.41) is 27.6. The van der Waals surface area contributed by atoms with Crippen molar-refractivity contribution in [3.63, 3.8) is 0 Å². The zero-order valence-corrected chi connectivity index (χ0v) is 24.0. The molecule has 12 nitrogen and oxygen atoms in total. The summed E-state index contributed by atoms with van der Waals surface area (Å²) >= 11 is 3.99. The molecule has 3 amide bonds. The van der Waals surface area contributed by atoms with E-state index in [9.17, 15) is 29.4 Å². The van der Waals surface area contributed by atoms with Crippen molar-refractivity contribution in [2.75, 3.05) is 12.3 Å². The number of benzene rings is 2. The topological polar surface area (TPSA) is 213 Å². The van der Waals surface area contributed by atoms with Crippen LogP contribution in [0.1, 0.15) is 30.4 Å². The number of amides is 3. The summed E-state index contributed by atoms with van der Waals surface area (Å²) in [7, 11) is 0. The zero-order valence-electron chi connectivity index (χ0n) is 23.1. The van der Waals surface area contributed by atoms with Crippen LogP contribution in [0.3, 0.4) is 0 Å². The second-order valence-corrected chi connectivity index (χ2v) is 10.4. The van der Waals surface area contributed by atoms with Crippen LogP contribution in [0, 0.1) is 0 Å². The Morgan fingerprint density at radius 1 is 0.857 bits per heavy atom. The summed E-state index contributed by atoms with van der Waals surface area (Å²) in [6.07, 6.45) is 3.32. The van der Waals surface area contributed by atoms with Crippen LogP contribution in [0.4, 0.5) is 0 Å². The van der Waals surface area contributed by atoms with Crippen LogP contribution >= 0.6 is 12.6 Å². The highest BCUT2D eigenvalue weighted by Gasteiger charge is 2.30. The lowest BCUT2D eigenvalue weighted by atomic mass is 10.0. The standard InChI is InChI=1S/C29H38N6O6S/c30-12-4-3-7-23(27(38)35-25(16-42)29(40)41)33-28(39)24(14-18-15-32-22-6-2-1-5-20(18)22)34-26(37)21(31)13-17-8-10-19(36)11-9-17/h1-2,5-6,8-11,15,21,23-25,32,36,42H,3-4,7,12-14,16,30-31H2,(H,33,39)(H,34,37)(H,35,38)(H,40,41). The lowest BCUT2D eigenvalue weighted by molar-refractivity contribution is -0.141. The predicted octanol–water partition coefficient (Wildman–Crippen LogP) is 0.584. The molecular formula is C29H38N6O6S. The fraction of sp³-hybridized carbons (Fsp3) is 0.379. The van der Waals surface area contributed by atoms with E-state index in [0.29, 0.717) is 19.4 Å². The van der Waals surface area contributed by atoms with Gasteiger partial charge in [-0.2, -0.15) is 12.6 Å². The number of hydrogen-bond acceptors (Lipinski definition) is 8. The average Bonchev–Trinajstić information content (AvgIpc) is 3.38. The Kier molecular flexibility index (Phi) is 12.2. The number of aromatic nitrogens is 1. The fourth-order valence-corrected chi connectivity index (χ4v) is 4.73. The first-order chi connectivity index (χ1) is 20.1. The summed E-state index contributed by atoms with van der Waals surface area (Å²) in [5.41, 5.74) is 14.1. The SMILES string of the molecule is NCCCCC(NC(=O)C(Cc1c[nH]c2ccccc12)NC(=O)C(N)Cc1ccc(O)cc1)C(=O)NC(CS)C(=O)O. The van der Waals surface area contributed by atoms with Crippen molar-refractivity contribution in [1.82, 2.24) is 20.9 Å². The molecule has 1 heterocycles. The first kappa shape index (κ1) is 32.4. The molecule has 226 valence electrons. The summed E-state index contributed by atoms with van der Waals surface area (Å²) in [5.74, 6) is -3.19. The van der Waals surface area contributed by atoms with E-state index >= 15 is 0 Å². The molecule has 0 saturated heterocycles. The maximum absolute atomic E-state index is 13.7. The number of nitrogens with one attached hydrogen (secondary N) is 4. The number of para-hydroxylation sites is 1. The molecule has 0 bridgehead atoms. The van der Waals surface area contributed by atoms with Crippen molar-refractivity contribution in [3.05, 3.63) is 65.9 Å². The minimum absolute atomic E-state index is 0.0846. The van der Waals surface area contributed by atoms with E-state index in [1.807, 2.05) is 24.3 Å². The number of phenols is 1. The van der Waals surface area contributed by atoms with Gasteiger partial charge in [-0.1, -0.05) is 30.3 Å². The molecule has 4 unspecified atom stereocenters. The quantitative estimate of drug-likeness (QED) is 0.0838. The number of carbonyl (C=O) groups excluding carboxylic acids is 3. The number of fused-ring (bicyclic) bond motifs is 1. The van der Waals surface area contributed by atoms with Crippen molar-refractivity contribution >= 4 is 47.2 Å². The van der Waals surface area contributed by atoms with Crippen LogP contribution in [0.5, 0.6) is 5.75 Å².